The molecule has 3 N–H and O–H groups in total. The second-order valence-corrected chi connectivity index (χ2v) is 9.60. The Morgan fingerprint density at radius 1 is 0.868 bits per heavy atom. The van der Waals surface area contributed by atoms with Gasteiger partial charge in [-0.1, -0.05) is 24.3 Å². The highest BCUT2D eigenvalue weighted by Crippen LogP contribution is 2.34. The normalized spacial score (nSPS) is 14.3. The summed E-state index contributed by atoms with van der Waals surface area (Å²) >= 11 is 0. The molecule has 1 fully saturated rings. The van der Waals surface area contributed by atoms with Gasteiger partial charge in [0.15, 0.2) is 0 Å². The summed E-state index contributed by atoms with van der Waals surface area (Å²) in [6, 6.07) is 20.6. The molecule has 7 rings (SSSR count). The van der Waals surface area contributed by atoms with Crippen LogP contribution in [0.5, 0.6) is 5.75 Å². The SMILES string of the molecule is Fc1ccc(-c2cccc3[nH]c(-c4n[nH]c5ccc(-c6cncc(OC7CCNCC7)c6)nc45)cc23)cc1. The van der Waals surface area contributed by atoms with E-state index < -0.39 is 0 Å². The number of aromatic amines is 2. The van der Waals surface area contributed by atoms with Crippen LogP contribution in [-0.2, 0) is 0 Å². The van der Waals surface area contributed by atoms with Crippen LogP contribution in [0.15, 0.2) is 79.1 Å². The fraction of sp³-hybridized carbons (Fsp3) is 0.167. The minimum Gasteiger partial charge on any atom is -0.489 e. The van der Waals surface area contributed by atoms with Gasteiger partial charge < -0.3 is 15.0 Å². The molecule has 1 aliphatic rings. The number of nitrogens with zero attached hydrogens (tertiary/aromatic N) is 3. The minimum atomic E-state index is -0.251. The number of ether oxygens (including phenoxy) is 1. The van der Waals surface area contributed by atoms with E-state index in [1.165, 1.54) is 12.1 Å². The number of hydrogen-bond donors (Lipinski definition) is 3. The lowest BCUT2D eigenvalue weighted by molar-refractivity contribution is 0.162. The average molecular weight is 505 g/mol. The van der Waals surface area contributed by atoms with E-state index in [4.69, 9.17) is 9.72 Å². The Hall–Kier alpha value is -4.56. The highest BCUT2D eigenvalue weighted by molar-refractivity contribution is 6.00. The Morgan fingerprint density at radius 3 is 2.61 bits per heavy atom. The third-order valence-electron chi connectivity index (χ3n) is 7.08. The maximum atomic E-state index is 13.5. The lowest BCUT2D eigenvalue weighted by Gasteiger charge is -2.23. The molecule has 0 bridgehead atoms. The molecule has 0 saturated carbocycles. The number of pyridine rings is 2. The molecule has 8 heteroatoms. The van der Waals surface area contributed by atoms with Gasteiger partial charge in [0.25, 0.3) is 0 Å². The van der Waals surface area contributed by atoms with Crippen molar-refractivity contribution in [2.24, 2.45) is 0 Å². The average Bonchev–Trinajstić information content (AvgIpc) is 3.58. The molecule has 4 aromatic heterocycles. The molecule has 5 heterocycles. The molecule has 1 saturated heterocycles. The highest BCUT2D eigenvalue weighted by Gasteiger charge is 2.17. The number of aromatic nitrogens is 5. The van der Waals surface area contributed by atoms with E-state index in [1.54, 1.807) is 24.5 Å². The molecule has 0 radical (unpaired) electrons. The molecule has 0 amide bonds. The van der Waals surface area contributed by atoms with Crippen molar-refractivity contribution in [1.29, 1.82) is 0 Å². The second-order valence-electron chi connectivity index (χ2n) is 9.60. The van der Waals surface area contributed by atoms with E-state index in [0.29, 0.717) is 0 Å². The van der Waals surface area contributed by atoms with E-state index in [-0.39, 0.29) is 11.9 Å². The van der Waals surface area contributed by atoms with Gasteiger partial charge in [-0.25, -0.2) is 9.37 Å². The Balaban J connectivity index is 1.25. The first-order valence-corrected chi connectivity index (χ1v) is 12.8. The largest absolute Gasteiger partial charge is 0.489 e. The van der Waals surface area contributed by atoms with Crippen molar-refractivity contribution in [3.8, 4) is 39.5 Å². The molecule has 1 aliphatic heterocycles. The number of rotatable bonds is 5. The van der Waals surface area contributed by atoms with E-state index in [9.17, 15) is 4.39 Å². The quantitative estimate of drug-likeness (QED) is 0.264. The van der Waals surface area contributed by atoms with Gasteiger partial charge in [-0.15, -0.1) is 0 Å². The Morgan fingerprint density at radius 2 is 1.74 bits per heavy atom. The lowest BCUT2D eigenvalue weighted by atomic mass is 10.0. The summed E-state index contributed by atoms with van der Waals surface area (Å²) in [5.41, 5.74) is 7.83. The van der Waals surface area contributed by atoms with E-state index in [0.717, 1.165) is 87.4 Å². The van der Waals surface area contributed by atoms with Crippen LogP contribution < -0.4 is 10.1 Å². The van der Waals surface area contributed by atoms with Gasteiger partial charge in [-0.2, -0.15) is 5.10 Å². The first-order chi connectivity index (χ1) is 18.7. The maximum Gasteiger partial charge on any atom is 0.138 e. The van der Waals surface area contributed by atoms with Crippen molar-refractivity contribution >= 4 is 21.9 Å². The predicted molar refractivity (Wildman–Crippen MR) is 146 cm³/mol. The van der Waals surface area contributed by atoms with Gasteiger partial charge in [-0.05, 0) is 79.5 Å². The fourth-order valence-electron chi connectivity index (χ4n) is 5.14. The standard InChI is InChI=1S/C30H25FN6O/c31-20-6-4-18(5-7-20)23-2-1-3-26-24(23)15-28(34-26)30-29-27(36-37-30)9-8-25(35-29)19-14-22(17-33-16-19)38-21-10-12-32-13-11-21/h1-9,14-17,21,32,34H,10-13H2,(H,36,37). The Kier molecular flexibility index (Phi) is 5.59. The van der Waals surface area contributed by atoms with Gasteiger partial charge in [-0.3, -0.25) is 10.1 Å². The molecule has 7 nitrogen and oxygen atoms in total. The molecule has 188 valence electrons. The number of benzene rings is 2. The molecule has 0 aliphatic carbocycles. The van der Waals surface area contributed by atoms with Gasteiger partial charge in [0.2, 0.25) is 0 Å². The van der Waals surface area contributed by atoms with Crippen molar-refractivity contribution in [2.45, 2.75) is 18.9 Å². The first-order valence-electron chi connectivity index (χ1n) is 12.8. The number of halogens is 1. The van der Waals surface area contributed by atoms with Gasteiger partial charge in [0.05, 0.1) is 23.1 Å². The lowest BCUT2D eigenvalue weighted by Crippen LogP contribution is -2.34. The predicted octanol–water partition coefficient (Wildman–Crippen LogP) is 6.11. The zero-order chi connectivity index (χ0) is 25.5. The smallest absolute Gasteiger partial charge is 0.138 e. The summed E-state index contributed by atoms with van der Waals surface area (Å²) in [6.07, 6.45) is 5.74. The summed E-state index contributed by atoms with van der Waals surface area (Å²) < 4.78 is 19.7. The van der Waals surface area contributed by atoms with E-state index in [1.807, 2.05) is 36.4 Å². The summed E-state index contributed by atoms with van der Waals surface area (Å²) in [6.45, 7) is 1.94. The van der Waals surface area contributed by atoms with Crippen molar-refractivity contribution in [3.05, 3.63) is 84.9 Å². The summed E-state index contributed by atoms with van der Waals surface area (Å²) in [5, 5.41) is 12.1. The molecule has 38 heavy (non-hydrogen) atoms. The van der Waals surface area contributed by atoms with Gasteiger partial charge in [0, 0.05) is 22.7 Å². The third-order valence-corrected chi connectivity index (χ3v) is 7.08. The molecule has 0 atom stereocenters. The molecular formula is C30H25FN6O. The van der Waals surface area contributed by atoms with Crippen LogP contribution in [-0.4, -0.2) is 44.3 Å². The molecule has 6 aromatic rings. The number of fused-ring (bicyclic) bond motifs is 2. The van der Waals surface area contributed by atoms with Crippen LogP contribution in [0.2, 0.25) is 0 Å². The van der Waals surface area contributed by atoms with Crippen molar-refractivity contribution in [2.75, 3.05) is 13.1 Å². The van der Waals surface area contributed by atoms with Crippen molar-refractivity contribution in [3.63, 3.8) is 0 Å². The maximum absolute atomic E-state index is 13.5. The molecular weight excluding hydrogens is 479 g/mol. The third kappa shape index (κ3) is 4.18. The molecule has 2 aromatic carbocycles. The van der Waals surface area contributed by atoms with Gasteiger partial charge in [0.1, 0.15) is 28.9 Å². The van der Waals surface area contributed by atoms with Crippen LogP contribution in [0.1, 0.15) is 12.8 Å². The number of H-pyrrole nitrogens is 2. The zero-order valence-corrected chi connectivity index (χ0v) is 20.5. The highest BCUT2D eigenvalue weighted by atomic mass is 19.1. The van der Waals surface area contributed by atoms with Gasteiger partial charge >= 0.3 is 0 Å². The zero-order valence-electron chi connectivity index (χ0n) is 20.5. The van der Waals surface area contributed by atoms with Crippen LogP contribution in [0.25, 0.3) is 55.7 Å². The Bertz CT molecular complexity index is 1750. The van der Waals surface area contributed by atoms with E-state index >= 15 is 0 Å². The monoisotopic (exact) mass is 504 g/mol. The fourth-order valence-corrected chi connectivity index (χ4v) is 5.14. The summed E-state index contributed by atoms with van der Waals surface area (Å²) in [4.78, 5) is 12.9. The first kappa shape index (κ1) is 22.6. The Labute approximate surface area is 218 Å². The summed E-state index contributed by atoms with van der Waals surface area (Å²) in [7, 11) is 0. The van der Waals surface area contributed by atoms with Crippen LogP contribution in [0.3, 0.4) is 0 Å². The number of hydrogen-bond acceptors (Lipinski definition) is 5. The van der Waals surface area contributed by atoms with Crippen LogP contribution in [0.4, 0.5) is 4.39 Å². The second kappa shape index (κ2) is 9.39. The minimum absolute atomic E-state index is 0.200. The van der Waals surface area contributed by atoms with Crippen molar-refractivity contribution < 1.29 is 9.13 Å². The number of nitrogens with one attached hydrogen (secondary N) is 3. The van der Waals surface area contributed by atoms with E-state index in [2.05, 4.69) is 31.5 Å². The summed E-state index contributed by atoms with van der Waals surface area (Å²) in [5.74, 6) is 0.506. The number of piperidine rings is 1. The van der Waals surface area contributed by atoms with Crippen LogP contribution >= 0.6 is 0 Å². The topological polar surface area (TPSA) is 91.5 Å². The molecule has 0 unspecified atom stereocenters. The van der Waals surface area contributed by atoms with Crippen LogP contribution in [0, 0.1) is 5.82 Å². The van der Waals surface area contributed by atoms with Crippen molar-refractivity contribution in [1.82, 2.24) is 30.5 Å². The molecule has 0 spiro atoms.